The van der Waals surface area contributed by atoms with Crippen molar-refractivity contribution in [2.45, 2.75) is 32.4 Å². The molecule has 0 aromatic heterocycles. The number of carbonyl (C=O) groups is 2. The molecule has 0 spiro atoms. The number of hydrogen-bond donors (Lipinski definition) is 1. The van der Waals surface area contributed by atoms with Gasteiger partial charge in [-0.3, -0.25) is 9.59 Å². The van der Waals surface area contributed by atoms with Gasteiger partial charge in [0.15, 0.2) is 6.61 Å². The maximum absolute atomic E-state index is 13.5. The molecule has 0 saturated heterocycles. The van der Waals surface area contributed by atoms with E-state index in [0.29, 0.717) is 24.5 Å². The number of methoxy groups -OCH3 is 1. The number of amides is 2. The van der Waals surface area contributed by atoms with Crippen LogP contribution in [0.15, 0.2) is 83.3 Å². The van der Waals surface area contributed by atoms with E-state index < -0.39 is 6.04 Å². The van der Waals surface area contributed by atoms with Crippen molar-refractivity contribution in [1.29, 1.82) is 0 Å². The summed E-state index contributed by atoms with van der Waals surface area (Å²) >= 11 is 3.50. The molecular weight excluding hydrogens is 508 g/mol. The number of rotatable bonds is 12. The van der Waals surface area contributed by atoms with Crippen molar-refractivity contribution in [3.05, 3.63) is 94.5 Å². The summed E-state index contributed by atoms with van der Waals surface area (Å²) in [6, 6.07) is 23.8. The highest BCUT2D eigenvalue weighted by Crippen LogP contribution is 2.20. The average Bonchev–Trinajstić information content (AvgIpc) is 2.88. The number of nitrogens with zero attached hydrogens (tertiary/aromatic N) is 1. The van der Waals surface area contributed by atoms with Crippen LogP contribution in [0.25, 0.3) is 0 Å². The Morgan fingerprint density at radius 3 is 2.29 bits per heavy atom. The number of ether oxygens (including phenoxy) is 2. The Morgan fingerprint density at radius 1 is 0.943 bits per heavy atom. The zero-order valence-corrected chi connectivity index (χ0v) is 21.7. The van der Waals surface area contributed by atoms with E-state index in [1.54, 1.807) is 36.3 Å². The Hall–Kier alpha value is -3.32. The molecule has 35 heavy (non-hydrogen) atoms. The number of halogens is 1. The van der Waals surface area contributed by atoms with Crippen LogP contribution in [0.5, 0.6) is 11.5 Å². The van der Waals surface area contributed by atoms with Gasteiger partial charge in [0.05, 0.1) is 7.11 Å². The fourth-order valence-electron chi connectivity index (χ4n) is 3.65. The number of nitrogens with one attached hydrogen (secondary N) is 1. The summed E-state index contributed by atoms with van der Waals surface area (Å²) in [5.41, 5.74) is 1.89. The van der Waals surface area contributed by atoms with Crippen molar-refractivity contribution in [3.8, 4) is 11.5 Å². The van der Waals surface area contributed by atoms with Gasteiger partial charge in [0.2, 0.25) is 5.91 Å². The van der Waals surface area contributed by atoms with E-state index in [-0.39, 0.29) is 25.0 Å². The molecule has 0 fully saturated rings. The molecular formula is C28H31BrN2O4. The highest BCUT2D eigenvalue weighted by atomic mass is 79.9. The van der Waals surface area contributed by atoms with Gasteiger partial charge in [-0.2, -0.15) is 0 Å². The molecule has 3 aromatic rings. The SMILES string of the molecule is CCCNC(=O)[C@H](Cc1ccccc1)N(Cc1cccc(Br)c1)C(=O)COc1ccc(OC)cc1. The van der Waals surface area contributed by atoms with E-state index in [1.165, 1.54) is 0 Å². The summed E-state index contributed by atoms with van der Waals surface area (Å²) in [6.45, 7) is 2.64. The maximum atomic E-state index is 13.5. The van der Waals surface area contributed by atoms with E-state index in [4.69, 9.17) is 9.47 Å². The van der Waals surface area contributed by atoms with Crippen LogP contribution in [-0.2, 0) is 22.6 Å². The Labute approximate surface area is 215 Å². The highest BCUT2D eigenvalue weighted by Gasteiger charge is 2.30. The zero-order valence-electron chi connectivity index (χ0n) is 20.1. The second kappa shape index (κ2) is 13.5. The molecule has 0 aliphatic rings. The van der Waals surface area contributed by atoms with Gasteiger partial charge in [-0.25, -0.2) is 0 Å². The maximum Gasteiger partial charge on any atom is 0.261 e. The molecule has 0 aliphatic carbocycles. The zero-order chi connectivity index (χ0) is 25.0. The number of carbonyl (C=O) groups excluding carboxylic acids is 2. The van der Waals surface area contributed by atoms with Crippen molar-refractivity contribution >= 4 is 27.7 Å². The Morgan fingerprint density at radius 2 is 1.63 bits per heavy atom. The fourth-order valence-corrected chi connectivity index (χ4v) is 4.10. The van der Waals surface area contributed by atoms with E-state index >= 15 is 0 Å². The summed E-state index contributed by atoms with van der Waals surface area (Å²) in [4.78, 5) is 28.4. The van der Waals surface area contributed by atoms with Crippen molar-refractivity contribution < 1.29 is 19.1 Å². The van der Waals surface area contributed by atoms with Crippen molar-refractivity contribution in [3.63, 3.8) is 0 Å². The van der Waals surface area contributed by atoms with E-state index in [0.717, 1.165) is 22.0 Å². The molecule has 3 rings (SSSR count). The third-order valence-corrected chi connectivity index (χ3v) is 5.98. The molecule has 3 aromatic carbocycles. The van der Waals surface area contributed by atoms with Crippen LogP contribution < -0.4 is 14.8 Å². The predicted molar refractivity (Wildman–Crippen MR) is 140 cm³/mol. The smallest absolute Gasteiger partial charge is 0.261 e. The number of hydrogen-bond acceptors (Lipinski definition) is 4. The van der Waals surface area contributed by atoms with Crippen LogP contribution in [0, 0.1) is 0 Å². The van der Waals surface area contributed by atoms with Gasteiger partial charge in [-0.15, -0.1) is 0 Å². The predicted octanol–water partition coefficient (Wildman–Crippen LogP) is 5.00. The van der Waals surface area contributed by atoms with Gasteiger partial charge < -0.3 is 19.7 Å². The van der Waals surface area contributed by atoms with Crippen molar-refractivity contribution in [2.24, 2.45) is 0 Å². The van der Waals surface area contributed by atoms with Crippen LogP contribution in [0.1, 0.15) is 24.5 Å². The van der Waals surface area contributed by atoms with Gasteiger partial charge >= 0.3 is 0 Å². The van der Waals surface area contributed by atoms with Crippen LogP contribution >= 0.6 is 15.9 Å². The standard InChI is InChI=1S/C28H31BrN2O4/c1-3-16-30-28(33)26(18-21-8-5-4-6-9-21)31(19-22-10-7-11-23(29)17-22)27(32)20-35-25-14-12-24(34-2)13-15-25/h4-15,17,26H,3,16,18-20H2,1-2H3,(H,30,33)/t26-/m0/s1. The summed E-state index contributed by atoms with van der Waals surface area (Å²) in [7, 11) is 1.59. The molecule has 0 unspecified atom stereocenters. The Balaban J connectivity index is 1.87. The van der Waals surface area contributed by atoms with Crippen molar-refractivity contribution in [1.82, 2.24) is 10.2 Å². The minimum absolute atomic E-state index is 0.177. The van der Waals surface area contributed by atoms with Crippen LogP contribution in [-0.4, -0.2) is 43.0 Å². The number of benzene rings is 3. The average molecular weight is 539 g/mol. The van der Waals surface area contributed by atoms with Crippen LogP contribution in [0.2, 0.25) is 0 Å². The van der Waals surface area contributed by atoms with Gasteiger partial charge in [0.1, 0.15) is 17.5 Å². The molecule has 0 saturated carbocycles. The topological polar surface area (TPSA) is 67.9 Å². The molecule has 7 heteroatoms. The quantitative estimate of drug-likeness (QED) is 0.352. The lowest BCUT2D eigenvalue weighted by Gasteiger charge is -2.31. The Kier molecular flexibility index (Phi) is 10.2. The minimum Gasteiger partial charge on any atom is -0.497 e. The first-order chi connectivity index (χ1) is 17.0. The van der Waals surface area contributed by atoms with E-state index in [1.807, 2.05) is 61.5 Å². The van der Waals surface area contributed by atoms with Gasteiger partial charge in [0.25, 0.3) is 5.91 Å². The minimum atomic E-state index is -0.685. The molecule has 6 nitrogen and oxygen atoms in total. The molecule has 0 heterocycles. The molecule has 1 N–H and O–H groups in total. The summed E-state index contributed by atoms with van der Waals surface area (Å²) in [6.07, 6.45) is 1.21. The second-order valence-electron chi connectivity index (χ2n) is 8.11. The lowest BCUT2D eigenvalue weighted by Crippen LogP contribution is -2.51. The first-order valence-electron chi connectivity index (χ1n) is 11.6. The lowest BCUT2D eigenvalue weighted by atomic mass is 10.0. The van der Waals surface area contributed by atoms with E-state index in [9.17, 15) is 9.59 Å². The molecule has 184 valence electrons. The molecule has 2 amide bonds. The highest BCUT2D eigenvalue weighted by molar-refractivity contribution is 9.10. The van der Waals surface area contributed by atoms with Crippen LogP contribution in [0.4, 0.5) is 0 Å². The molecule has 0 radical (unpaired) electrons. The second-order valence-corrected chi connectivity index (χ2v) is 9.03. The van der Waals surface area contributed by atoms with Gasteiger partial charge in [0, 0.05) is 24.0 Å². The third kappa shape index (κ3) is 8.14. The molecule has 0 bridgehead atoms. The third-order valence-electron chi connectivity index (χ3n) is 5.48. The summed E-state index contributed by atoms with van der Waals surface area (Å²) in [5, 5.41) is 2.97. The van der Waals surface area contributed by atoms with E-state index in [2.05, 4.69) is 21.2 Å². The first kappa shape index (κ1) is 26.3. The fraction of sp³-hybridized carbons (Fsp3) is 0.286. The summed E-state index contributed by atoms with van der Waals surface area (Å²) in [5.74, 6) is 0.809. The molecule has 1 atom stereocenters. The molecule has 0 aliphatic heterocycles. The van der Waals surface area contributed by atoms with Crippen molar-refractivity contribution in [2.75, 3.05) is 20.3 Å². The first-order valence-corrected chi connectivity index (χ1v) is 12.4. The largest absolute Gasteiger partial charge is 0.497 e. The van der Waals surface area contributed by atoms with Gasteiger partial charge in [-0.1, -0.05) is 65.3 Å². The normalized spacial score (nSPS) is 11.4. The summed E-state index contributed by atoms with van der Waals surface area (Å²) < 4.78 is 11.9. The van der Waals surface area contributed by atoms with Crippen LogP contribution in [0.3, 0.4) is 0 Å². The monoisotopic (exact) mass is 538 g/mol. The van der Waals surface area contributed by atoms with Gasteiger partial charge in [-0.05, 0) is 53.9 Å². The lowest BCUT2D eigenvalue weighted by molar-refractivity contribution is -0.142. The Bertz CT molecular complexity index is 1090.